The Morgan fingerprint density at radius 3 is 1.26 bits per heavy atom. The maximum Gasteiger partial charge on any atom is 0.163 e. The lowest BCUT2D eigenvalue weighted by molar-refractivity contribution is 0.924. The zero-order valence-electron chi connectivity index (χ0n) is 12.8. The van der Waals surface area contributed by atoms with Gasteiger partial charge in [-0.25, -0.2) is 15.0 Å². The Bertz CT molecular complexity index is 608. The molecule has 100 valence electrons. The Kier molecular flexibility index (Phi) is 3.40. The number of aromatic nitrogens is 3. The third kappa shape index (κ3) is 2.25. The number of aryl methyl sites for hydroxylation is 2. The lowest BCUT2D eigenvalue weighted by Crippen LogP contribution is -2.05. The minimum absolute atomic E-state index is 0.775. The second-order valence-electron chi connectivity index (χ2n) is 5.25. The summed E-state index contributed by atoms with van der Waals surface area (Å²) in [6.07, 6.45) is 0. The first kappa shape index (κ1) is 13.7. The van der Waals surface area contributed by atoms with Gasteiger partial charge in [0.25, 0.3) is 0 Å². The maximum absolute atomic E-state index is 4.52. The molecule has 0 radical (unpaired) electrons. The molecule has 0 fully saturated rings. The number of hydrogen-bond donors (Lipinski definition) is 0. The summed E-state index contributed by atoms with van der Waals surface area (Å²) in [5.41, 5.74) is 7.72. The van der Waals surface area contributed by atoms with Crippen molar-refractivity contribution in [3.05, 3.63) is 39.5 Å². The molecule has 2 aromatic rings. The van der Waals surface area contributed by atoms with Crippen molar-refractivity contribution in [1.29, 1.82) is 0 Å². The van der Waals surface area contributed by atoms with Crippen molar-refractivity contribution in [2.45, 2.75) is 48.5 Å². The van der Waals surface area contributed by atoms with Gasteiger partial charge in [-0.2, -0.15) is 0 Å². The Hall–Kier alpha value is -1.77. The Balaban J connectivity index is 2.82. The molecular formula is C16H21N3. The number of rotatable bonds is 1. The van der Waals surface area contributed by atoms with E-state index >= 15 is 0 Å². The van der Waals surface area contributed by atoms with Crippen LogP contribution in [0.25, 0.3) is 11.4 Å². The highest BCUT2D eigenvalue weighted by molar-refractivity contribution is 5.69. The van der Waals surface area contributed by atoms with E-state index in [0.717, 1.165) is 23.0 Å². The first-order chi connectivity index (χ1) is 8.82. The molecule has 1 aromatic heterocycles. The van der Waals surface area contributed by atoms with Crippen molar-refractivity contribution in [3.8, 4) is 11.4 Å². The van der Waals surface area contributed by atoms with E-state index in [-0.39, 0.29) is 0 Å². The highest BCUT2D eigenvalue weighted by atomic mass is 15.0. The summed E-state index contributed by atoms with van der Waals surface area (Å²) in [4.78, 5) is 13.3. The van der Waals surface area contributed by atoms with Gasteiger partial charge < -0.3 is 0 Å². The topological polar surface area (TPSA) is 38.7 Å². The minimum atomic E-state index is 0.775. The first-order valence-corrected chi connectivity index (χ1v) is 6.59. The van der Waals surface area contributed by atoms with Gasteiger partial charge in [0.05, 0.1) is 0 Å². The highest BCUT2D eigenvalue weighted by Gasteiger charge is 2.16. The zero-order valence-corrected chi connectivity index (χ0v) is 12.8. The molecule has 0 atom stereocenters. The van der Waals surface area contributed by atoms with E-state index < -0.39 is 0 Å². The number of hydrogen-bond acceptors (Lipinski definition) is 3. The van der Waals surface area contributed by atoms with Crippen molar-refractivity contribution in [2.24, 2.45) is 0 Å². The van der Waals surface area contributed by atoms with Crippen molar-refractivity contribution in [3.63, 3.8) is 0 Å². The van der Waals surface area contributed by atoms with Crippen LogP contribution in [0, 0.1) is 48.5 Å². The number of nitrogens with zero attached hydrogens (tertiary/aromatic N) is 3. The molecule has 0 unspecified atom stereocenters. The van der Waals surface area contributed by atoms with Crippen LogP contribution in [0.15, 0.2) is 0 Å². The molecule has 0 amide bonds. The largest absolute Gasteiger partial charge is 0.219 e. The molecule has 1 aromatic carbocycles. The second-order valence-corrected chi connectivity index (χ2v) is 5.25. The van der Waals surface area contributed by atoms with Crippen LogP contribution >= 0.6 is 0 Å². The molecule has 0 aliphatic rings. The normalized spacial score (nSPS) is 10.9. The fourth-order valence-electron chi connectivity index (χ4n) is 2.56. The summed E-state index contributed by atoms with van der Waals surface area (Å²) in [6, 6.07) is 0. The summed E-state index contributed by atoms with van der Waals surface area (Å²) in [6.45, 7) is 14.6. The van der Waals surface area contributed by atoms with Gasteiger partial charge >= 0.3 is 0 Å². The fraction of sp³-hybridized carbons (Fsp3) is 0.438. The molecule has 3 heteroatoms. The molecular weight excluding hydrogens is 234 g/mol. The van der Waals surface area contributed by atoms with Crippen LogP contribution in [0.5, 0.6) is 0 Å². The lowest BCUT2D eigenvalue weighted by atomic mass is 9.89. The smallest absolute Gasteiger partial charge is 0.163 e. The Labute approximate surface area is 115 Å². The summed E-state index contributed by atoms with van der Waals surface area (Å²) >= 11 is 0. The maximum atomic E-state index is 4.52. The summed E-state index contributed by atoms with van der Waals surface area (Å²) < 4.78 is 0. The van der Waals surface area contributed by atoms with Crippen LogP contribution in [0.3, 0.4) is 0 Å². The molecule has 0 aliphatic carbocycles. The van der Waals surface area contributed by atoms with Crippen LogP contribution in [-0.4, -0.2) is 15.0 Å². The van der Waals surface area contributed by atoms with Crippen LogP contribution in [-0.2, 0) is 0 Å². The Morgan fingerprint density at radius 1 is 0.474 bits per heavy atom. The highest BCUT2D eigenvalue weighted by Crippen LogP contribution is 2.32. The fourth-order valence-corrected chi connectivity index (χ4v) is 2.56. The molecule has 0 saturated carbocycles. The predicted molar refractivity (Wildman–Crippen MR) is 78.4 cm³/mol. The molecule has 0 spiro atoms. The van der Waals surface area contributed by atoms with Crippen molar-refractivity contribution in [1.82, 2.24) is 15.0 Å². The van der Waals surface area contributed by atoms with Crippen molar-refractivity contribution in [2.75, 3.05) is 0 Å². The van der Waals surface area contributed by atoms with Gasteiger partial charge in [0.2, 0.25) is 0 Å². The van der Waals surface area contributed by atoms with Crippen LogP contribution in [0.1, 0.15) is 39.5 Å². The van der Waals surface area contributed by atoms with Crippen LogP contribution in [0.2, 0.25) is 0 Å². The second kappa shape index (κ2) is 4.72. The summed E-state index contributed by atoms with van der Waals surface area (Å²) in [7, 11) is 0. The van der Waals surface area contributed by atoms with E-state index in [1.54, 1.807) is 0 Å². The lowest BCUT2D eigenvalue weighted by Gasteiger charge is -2.18. The van der Waals surface area contributed by atoms with Gasteiger partial charge in [0, 0.05) is 5.56 Å². The summed E-state index contributed by atoms with van der Waals surface area (Å²) in [5.74, 6) is 2.35. The standard InChI is InChI=1S/C16H21N3/c1-8-9(2)11(4)15(12(5)10(8)3)16-18-13(6)17-14(7)19-16/h1-7H3. The average Bonchev–Trinajstić information content (AvgIpc) is 2.33. The molecule has 1 heterocycles. The molecule has 19 heavy (non-hydrogen) atoms. The van der Waals surface area contributed by atoms with Gasteiger partial charge in [-0.15, -0.1) is 0 Å². The zero-order chi connectivity index (χ0) is 14.3. The van der Waals surface area contributed by atoms with Crippen LogP contribution in [0.4, 0.5) is 0 Å². The molecule has 0 N–H and O–H groups in total. The van der Waals surface area contributed by atoms with E-state index in [4.69, 9.17) is 0 Å². The van der Waals surface area contributed by atoms with E-state index in [2.05, 4.69) is 49.6 Å². The molecule has 3 nitrogen and oxygen atoms in total. The van der Waals surface area contributed by atoms with Crippen molar-refractivity contribution >= 4 is 0 Å². The SMILES string of the molecule is Cc1nc(C)nc(-c2c(C)c(C)c(C)c(C)c2C)n1. The predicted octanol–water partition coefficient (Wildman–Crippen LogP) is 3.70. The van der Waals surface area contributed by atoms with E-state index in [1.807, 2.05) is 13.8 Å². The Morgan fingerprint density at radius 2 is 0.842 bits per heavy atom. The van der Waals surface area contributed by atoms with E-state index in [0.29, 0.717) is 0 Å². The molecule has 2 rings (SSSR count). The van der Waals surface area contributed by atoms with Gasteiger partial charge in [-0.05, 0) is 76.3 Å². The molecule has 0 aliphatic heterocycles. The monoisotopic (exact) mass is 255 g/mol. The van der Waals surface area contributed by atoms with Crippen LogP contribution < -0.4 is 0 Å². The third-order valence-corrected chi connectivity index (χ3v) is 4.08. The third-order valence-electron chi connectivity index (χ3n) is 4.08. The van der Waals surface area contributed by atoms with Gasteiger partial charge in [-0.3, -0.25) is 0 Å². The number of benzene rings is 1. The van der Waals surface area contributed by atoms with Crippen molar-refractivity contribution < 1.29 is 0 Å². The molecule has 0 saturated heterocycles. The average molecular weight is 255 g/mol. The summed E-state index contributed by atoms with van der Waals surface area (Å²) in [5, 5.41) is 0. The quantitative estimate of drug-likeness (QED) is 0.780. The van der Waals surface area contributed by atoms with E-state index in [1.165, 1.54) is 27.8 Å². The van der Waals surface area contributed by atoms with E-state index in [9.17, 15) is 0 Å². The van der Waals surface area contributed by atoms with Gasteiger partial charge in [-0.1, -0.05) is 0 Å². The first-order valence-electron chi connectivity index (χ1n) is 6.59. The van der Waals surface area contributed by atoms with Gasteiger partial charge in [0.15, 0.2) is 5.82 Å². The van der Waals surface area contributed by atoms with Gasteiger partial charge in [0.1, 0.15) is 11.6 Å². The minimum Gasteiger partial charge on any atom is -0.219 e. The molecule has 0 bridgehead atoms.